The summed E-state index contributed by atoms with van der Waals surface area (Å²) in [5.41, 5.74) is 0.890. The molecule has 0 aromatic heterocycles. The van der Waals surface area contributed by atoms with E-state index in [2.05, 4.69) is 10.2 Å². The fourth-order valence-corrected chi connectivity index (χ4v) is 2.45. The topological polar surface area (TPSA) is 102 Å². The van der Waals surface area contributed by atoms with Crippen molar-refractivity contribution in [2.75, 3.05) is 23.8 Å². The van der Waals surface area contributed by atoms with Crippen LogP contribution >= 0.6 is 0 Å². The summed E-state index contributed by atoms with van der Waals surface area (Å²) in [6.45, 7) is 0.169. The maximum absolute atomic E-state index is 12.4. The van der Waals surface area contributed by atoms with Gasteiger partial charge in [0.25, 0.3) is 0 Å². The summed E-state index contributed by atoms with van der Waals surface area (Å²) < 4.78 is 0. The number of nitrogens with zero attached hydrogens (tertiary/aromatic N) is 2. The number of nitrogens with one attached hydrogen (secondary N) is 1. The predicted molar refractivity (Wildman–Crippen MR) is 87.9 cm³/mol. The van der Waals surface area contributed by atoms with E-state index >= 15 is 0 Å². The van der Waals surface area contributed by atoms with Gasteiger partial charge in [-0.1, -0.05) is 0 Å². The summed E-state index contributed by atoms with van der Waals surface area (Å²) in [5.74, 6) is -0.822. The molecule has 1 saturated heterocycles. The average Bonchev–Trinajstić information content (AvgIpc) is 2.60. The van der Waals surface area contributed by atoms with Crippen LogP contribution in [0.2, 0.25) is 0 Å². The minimum atomic E-state index is -0.401. The van der Waals surface area contributed by atoms with Crippen LogP contribution in [0.4, 0.5) is 11.4 Å². The molecule has 0 aliphatic carbocycles. The summed E-state index contributed by atoms with van der Waals surface area (Å²) in [6, 6.07) is 6.32. The molecule has 1 aliphatic rings. The van der Waals surface area contributed by atoms with Gasteiger partial charge in [0.05, 0.1) is 12.8 Å². The number of amides is 3. The van der Waals surface area contributed by atoms with Crippen molar-refractivity contribution in [2.24, 2.45) is 0 Å². The highest BCUT2D eigenvalue weighted by Crippen LogP contribution is 2.22. The Bertz CT molecular complexity index is 602. The Morgan fingerprint density at radius 2 is 1.67 bits per heavy atom. The number of hydrogen-bond acceptors (Lipinski definition) is 6. The fraction of sp³-hybridized carbons (Fsp3) is 0.438. The molecule has 24 heavy (non-hydrogen) atoms. The largest absolute Gasteiger partial charge is 0.733 e. The predicted octanol–water partition coefficient (Wildman–Crippen LogP) is 1.49. The van der Waals surface area contributed by atoms with E-state index in [0.717, 1.165) is 0 Å². The monoisotopic (exact) mass is 334 g/mol. The average molecular weight is 334 g/mol. The molecular formula is C16H20N3O5-. The van der Waals surface area contributed by atoms with E-state index in [0.29, 0.717) is 35.9 Å². The Balaban J connectivity index is 2.16. The zero-order valence-electron chi connectivity index (χ0n) is 13.5. The quantitative estimate of drug-likeness (QED) is 0.664. The van der Waals surface area contributed by atoms with Gasteiger partial charge in [-0.05, 0) is 37.1 Å². The van der Waals surface area contributed by atoms with E-state index in [1.807, 2.05) is 0 Å². The van der Waals surface area contributed by atoms with E-state index in [4.69, 9.17) is 0 Å². The molecule has 1 heterocycles. The third-order valence-corrected chi connectivity index (χ3v) is 3.72. The maximum Gasteiger partial charge on any atom is 0.228 e. The number of anilines is 2. The number of carbonyl (C=O) groups excluding carboxylic acids is 3. The van der Waals surface area contributed by atoms with Crippen molar-refractivity contribution in [3.05, 3.63) is 29.5 Å². The molecule has 0 radical (unpaired) electrons. The first-order valence-electron chi connectivity index (χ1n) is 7.75. The van der Waals surface area contributed by atoms with Crippen LogP contribution in [0.5, 0.6) is 0 Å². The molecule has 1 aromatic rings. The molecule has 0 atom stereocenters. The van der Waals surface area contributed by atoms with Gasteiger partial charge in [0.1, 0.15) is 0 Å². The summed E-state index contributed by atoms with van der Waals surface area (Å²) in [7, 11) is 1.26. The molecule has 1 fully saturated rings. The lowest BCUT2D eigenvalue weighted by Crippen LogP contribution is -2.36. The summed E-state index contributed by atoms with van der Waals surface area (Å²) in [5, 5.41) is 14.1. The van der Waals surface area contributed by atoms with Gasteiger partial charge in [0.2, 0.25) is 17.7 Å². The van der Waals surface area contributed by atoms with Crippen molar-refractivity contribution in [3.8, 4) is 0 Å². The minimum absolute atomic E-state index is 0.0327. The Labute approximate surface area is 139 Å². The first kappa shape index (κ1) is 17.9. The second-order valence-corrected chi connectivity index (χ2v) is 5.43. The number of hydrogen-bond donors (Lipinski definition) is 1. The molecule has 3 amide bonds. The Hall–Kier alpha value is -2.45. The van der Waals surface area contributed by atoms with Gasteiger partial charge in [0.15, 0.2) is 0 Å². The molecule has 2 rings (SSSR count). The van der Waals surface area contributed by atoms with Crippen LogP contribution in [0.25, 0.3) is 0 Å². The summed E-state index contributed by atoms with van der Waals surface area (Å²) in [6.07, 6.45) is 1.70. The Morgan fingerprint density at radius 1 is 1.04 bits per heavy atom. The number of carbonyl (C=O) groups is 3. The molecule has 8 heteroatoms. The third-order valence-electron chi connectivity index (χ3n) is 3.72. The molecule has 0 saturated carbocycles. The minimum Gasteiger partial charge on any atom is -0.733 e. The van der Waals surface area contributed by atoms with E-state index < -0.39 is 5.91 Å². The van der Waals surface area contributed by atoms with Crippen molar-refractivity contribution >= 4 is 29.1 Å². The van der Waals surface area contributed by atoms with Crippen LogP contribution in [0.3, 0.4) is 0 Å². The second kappa shape index (κ2) is 8.42. The van der Waals surface area contributed by atoms with Crippen molar-refractivity contribution in [1.29, 1.82) is 0 Å². The zero-order valence-corrected chi connectivity index (χ0v) is 13.5. The fourth-order valence-electron chi connectivity index (χ4n) is 2.45. The first-order chi connectivity index (χ1) is 11.5. The third kappa shape index (κ3) is 4.77. The number of imide groups is 1. The molecule has 1 aromatic carbocycles. The van der Waals surface area contributed by atoms with E-state index in [1.165, 1.54) is 24.1 Å². The molecule has 130 valence electrons. The molecule has 8 nitrogen and oxygen atoms in total. The van der Waals surface area contributed by atoms with E-state index in [1.54, 1.807) is 12.1 Å². The SMILES string of the molecule is CON([O-])c1ccc(N2CCC(=O)NC(=O)CCCCC2=O)cc1. The highest BCUT2D eigenvalue weighted by Gasteiger charge is 2.19. The second-order valence-electron chi connectivity index (χ2n) is 5.43. The van der Waals surface area contributed by atoms with Gasteiger partial charge in [-0.15, -0.1) is 0 Å². The van der Waals surface area contributed by atoms with Crippen LogP contribution in [0.15, 0.2) is 24.3 Å². The standard InChI is InChI=1S/C16H20N3O5/c1-24-19(23)13-8-6-12(7-9-13)18-11-10-15(21)17-14(20)4-2-3-5-16(18)22/h6-9H,2-5,10-11H2,1H3,(H,17,20,21)/q-1. The molecule has 1 aliphatic heterocycles. The van der Waals surface area contributed by atoms with Crippen LogP contribution in [-0.2, 0) is 19.2 Å². The summed E-state index contributed by atoms with van der Waals surface area (Å²) in [4.78, 5) is 41.7. The van der Waals surface area contributed by atoms with Crippen LogP contribution < -0.4 is 15.4 Å². The van der Waals surface area contributed by atoms with Gasteiger partial charge in [-0.2, -0.15) is 0 Å². The highest BCUT2D eigenvalue weighted by molar-refractivity contribution is 5.97. The van der Waals surface area contributed by atoms with Crippen LogP contribution in [0, 0.1) is 5.21 Å². The van der Waals surface area contributed by atoms with Gasteiger partial charge in [0, 0.05) is 31.5 Å². The molecule has 0 unspecified atom stereocenters. The van der Waals surface area contributed by atoms with E-state index in [-0.39, 0.29) is 31.2 Å². The van der Waals surface area contributed by atoms with Gasteiger partial charge in [-0.25, -0.2) is 0 Å². The van der Waals surface area contributed by atoms with Crippen molar-refractivity contribution in [3.63, 3.8) is 0 Å². The zero-order chi connectivity index (χ0) is 17.5. The van der Waals surface area contributed by atoms with Crippen LogP contribution in [-0.4, -0.2) is 31.4 Å². The van der Waals surface area contributed by atoms with Crippen molar-refractivity contribution in [1.82, 2.24) is 5.32 Å². The van der Waals surface area contributed by atoms with Gasteiger partial charge >= 0.3 is 0 Å². The Morgan fingerprint density at radius 3 is 2.33 bits per heavy atom. The molecule has 0 spiro atoms. The lowest BCUT2D eigenvalue weighted by atomic mass is 10.1. The number of rotatable bonds is 3. The lowest BCUT2D eigenvalue weighted by molar-refractivity contribution is -0.130. The molecular weight excluding hydrogens is 314 g/mol. The van der Waals surface area contributed by atoms with Gasteiger partial charge < -0.3 is 15.3 Å². The summed E-state index contributed by atoms with van der Waals surface area (Å²) >= 11 is 0. The number of benzene rings is 1. The Kier molecular flexibility index (Phi) is 6.28. The van der Waals surface area contributed by atoms with Crippen LogP contribution in [0.1, 0.15) is 32.1 Å². The van der Waals surface area contributed by atoms with Gasteiger partial charge in [-0.3, -0.25) is 24.5 Å². The highest BCUT2D eigenvalue weighted by atomic mass is 16.9. The smallest absolute Gasteiger partial charge is 0.228 e. The lowest BCUT2D eigenvalue weighted by Gasteiger charge is -2.28. The van der Waals surface area contributed by atoms with Crippen molar-refractivity contribution < 1.29 is 19.2 Å². The normalized spacial score (nSPS) is 17.2. The first-order valence-corrected chi connectivity index (χ1v) is 7.75. The molecule has 0 bridgehead atoms. The maximum atomic E-state index is 12.4. The molecule has 1 N–H and O–H groups in total. The van der Waals surface area contributed by atoms with Crippen molar-refractivity contribution in [2.45, 2.75) is 32.1 Å². The van der Waals surface area contributed by atoms with E-state index in [9.17, 15) is 19.6 Å².